The van der Waals surface area contributed by atoms with Crippen LogP contribution in [0.5, 0.6) is 28.7 Å². The highest BCUT2D eigenvalue weighted by Crippen LogP contribution is 2.50. The molecule has 4 aliphatic rings. The summed E-state index contributed by atoms with van der Waals surface area (Å²) in [6.45, 7) is 4.44. The molecule has 2 saturated heterocycles. The van der Waals surface area contributed by atoms with Crippen LogP contribution in [0, 0.1) is 5.92 Å². The molecule has 0 aromatic heterocycles. The number of carbonyl (C=O) groups is 1. The number of benzene rings is 3. The van der Waals surface area contributed by atoms with Crippen LogP contribution in [0.3, 0.4) is 0 Å². The fourth-order valence-electron chi connectivity index (χ4n) is 6.37. The molecule has 3 aromatic rings. The Balaban J connectivity index is 1.41. The first-order valence-electron chi connectivity index (χ1n) is 13.9. The van der Waals surface area contributed by atoms with Crippen LogP contribution >= 0.6 is 0 Å². The summed E-state index contributed by atoms with van der Waals surface area (Å²) in [5.41, 5.74) is 2.42. The Labute approximate surface area is 242 Å². The van der Waals surface area contributed by atoms with Gasteiger partial charge in [0.15, 0.2) is 29.3 Å². The largest absolute Gasteiger partial charge is 0.493 e. The number of cyclic esters (lactones) is 1. The summed E-state index contributed by atoms with van der Waals surface area (Å²) in [5, 5.41) is 1.39. The van der Waals surface area contributed by atoms with Gasteiger partial charge in [0, 0.05) is 29.5 Å². The highest BCUT2D eigenvalue weighted by atomic mass is 16.8. The number of hydrogen-bond acceptors (Lipinski definition) is 11. The van der Waals surface area contributed by atoms with Gasteiger partial charge in [0.05, 0.1) is 32.5 Å². The fraction of sp³-hybridized carbons (Fsp3) is 0.452. The van der Waals surface area contributed by atoms with E-state index in [1.807, 2.05) is 37.3 Å². The van der Waals surface area contributed by atoms with Crippen molar-refractivity contribution in [2.75, 3.05) is 34.7 Å². The minimum atomic E-state index is -0.820. The zero-order valence-electron chi connectivity index (χ0n) is 24.0. The second-order valence-corrected chi connectivity index (χ2v) is 10.7. The lowest BCUT2D eigenvalue weighted by atomic mass is 9.88. The number of hydrogen-bond donors (Lipinski definition) is 0. The number of fused-ring (bicyclic) bond motifs is 4. The van der Waals surface area contributed by atoms with Crippen LogP contribution in [-0.2, 0) is 30.3 Å². The van der Waals surface area contributed by atoms with E-state index in [9.17, 15) is 4.79 Å². The second kappa shape index (κ2) is 10.5. The molecule has 3 aromatic carbocycles. The maximum Gasteiger partial charge on any atom is 0.339 e. The zero-order chi connectivity index (χ0) is 29.1. The normalized spacial score (nSPS) is 27.8. The molecule has 7 rings (SSSR count). The first-order valence-corrected chi connectivity index (χ1v) is 13.9. The fourth-order valence-corrected chi connectivity index (χ4v) is 6.37. The van der Waals surface area contributed by atoms with Gasteiger partial charge in [-0.15, -0.1) is 0 Å². The van der Waals surface area contributed by atoms with Gasteiger partial charge < -0.3 is 47.4 Å². The first-order chi connectivity index (χ1) is 20.4. The van der Waals surface area contributed by atoms with E-state index in [4.69, 9.17) is 47.4 Å². The van der Waals surface area contributed by atoms with E-state index in [-0.39, 0.29) is 37.8 Å². The quantitative estimate of drug-likeness (QED) is 0.386. The minimum absolute atomic E-state index is 0.0288. The Kier molecular flexibility index (Phi) is 6.77. The number of carbonyl (C=O) groups excluding carboxylic acids is 1. The number of ether oxygens (including phenoxy) is 10. The van der Waals surface area contributed by atoms with E-state index >= 15 is 0 Å². The van der Waals surface area contributed by atoms with Gasteiger partial charge in [-0.3, -0.25) is 0 Å². The van der Waals surface area contributed by atoms with Crippen LogP contribution in [0.4, 0.5) is 0 Å². The maximum absolute atomic E-state index is 13.4. The third kappa shape index (κ3) is 4.22. The Hall–Kier alpha value is -3.77. The van der Waals surface area contributed by atoms with Gasteiger partial charge in [-0.1, -0.05) is 13.0 Å². The van der Waals surface area contributed by atoms with Gasteiger partial charge in [-0.05, 0) is 42.1 Å². The van der Waals surface area contributed by atoms with Crippen LogP contribution in [0.25, 0.3) is 21.9 Å². The second-order valence-electron chi connectivity index (χ2n) is 10.7. The summed E-state index contributed by atoms with van der Waals surface area (Å²) >= 11 is 0. The average Bonchev–Trinajstić information content (AvgIpc) is 3.63. The van der Waals surface area contributed by atoms with Crippen LogP contribution in [0.1, 0.15) is 29.8 Å². The van der Waals surface area contributed by atoms with Gasteiger partial charge in [-0.25, -0.2) is 4.79 Å². The molecule has 11 heteroatoms. The molecule has 0 N–H and O–H groups in total. The molecule has 4 heterocycles. The highest BCUT2D eigenvalue weighted by molar-refractivity contribution is 6.14. The van der Waals surface area contributed by atoms with Crippen molar-refractivity contribution in [2.45, 2.75) is 51.3 Å². The van der Waals surface area contributed by atoms with E-state index in [0.29, 0.717) is 62.8 Å². The van der Waals surface area contributed by atoms with Gasteiger partial charge in [0.25, 0.3) is 0 Å². The lowest BCUT2D eigenvalue weighted by molar-refractivity contribution is -0.335. The lowest BCUT2D eigenvalue weighted by Crippen LogP contribution is -2.60. The molecule has 0 aliphatic carbocycles. The summed E-state index contributed by atoms with van der Waals surface area (Å²) in [6.07, 6.45) is -2.20. The van der Waals surface area contributed by atoms with Crippen molar-refractivity contribution < 1.29 is 52.2 Å². The Morgan fingerprint density at radius 2 is 1.62 bits per heavy atom. The van der Waals surface area contributed by atoms with E-state index < -0.39 is 18.4 Å². The van der Waals surface area contributed by atoms with Crippen molar-refractivity contribution in [3.05, 3.63) is 41.5 Å². The van der Waals surface area contributed by atoms with Crippen molar-refractivity contribution in [1.29, 1.82) is 0 Å². The van der Waals surface area contributed by atoms with E-state index in [0.717, 1.165) is 5.56 Å². The average molecular weight is 581 g/mol. The summed E-state index contributed by atoms with van der Waals surface area (Å²) in [4.78, 5) is 13.4. The molecule has 0 radical (unpaired) electrons. The van der Waals surface area contributed by atoms with E-state index in [2.05, 4.69) is 6.92 Å². The van der Waals surface area contributed by atoms with Crippen molar-refractivity contribution in [1.82, 2.24) is 0 Å². The summed E-state index contributed by atoms with van der Waals surface area (Å²) < 4.78 is 58.9. The van der Waals surface area contributed by atoms with Crippen LogP contribution < -0.4 is 23.7 Å². The predicted molar refractivity (Wildman–Crippen MR) is 147 cm³/mol. The Bertz CT molecular complexity index is 1550. The predicted octanol–water partition coefficient (Wildman–Crippen LogP) is 4.44. The molecule has 6 unspecified atom stereocenters. The number of methoxy groups -OCH3 is 3. The van der Waals surface area contributed by atoms with Crippen molar-refractivity contribution in [2.24, 2.45) is 5.92 Å². The Morgan fingerprint density at radius 1 is 0.857 bits per heavy atom. The molecule has 42 heavy (non-hydrogen) atoms. The smallest absolute Gasteiger partial charge is 0.339 e. The molecule has 6 atom stereocenters. The van der Waals surface area contributed by atoms with Crippen LogP contribution in [-0.4, -0.2) is 71.6 Å². The molecule has 2 fully saturated rings. The third-order valence-electron chi connectivity index (χ3n) is 8.41. The zero-order valence-corrected chi connectivity index (χ0v) is 24.0. The molecule has 0 bridgehead atoms. The van der Waals surface area contributed by atoms with E-state index in [1.54, 1.807) is 21.3 Å². The minimum Gasteiger partial charge on any atom is -0.493 e. The number of rotatable bonds is 6. The van der Waals surface area contributed by atoms with E-state index in [1.165, 1.54) is 0 Å². The summed E-state index contributed by atoms with van der Waals surface area (Å²) in [6, 6.07) is 9.26. The highest BCUT2D eigenvalue weighted by Gasteiger charge is 2.49. The van der Waals surface area contributed by atoms with Gasteiger partial charge in [-0.2, -0.15) is 0 Å². The first kappa shape index (κ1) is 27.1. The van der Waals surface area contributed by atoms with Gasteiger partial charge in [0.1, 0.15) is 24.6 Å². The van der Waals surface area contributed by atoms with Gasteiger partial charge >= 0.3 is 5.97 Å². The topological polar surface area (TPSA) is 109 Å². The standard InChI is InChI=1S/C31H32O11/c1-14-27-24(12-36-15(2)40-27)41-31(28(14)35-5)42-29-18-10-22(34-4)21(33-3)9-17(18)25(26-19(29)11-37-30(26)32)16-6-7-20-23(8-16)39-13-38-20/h6-10,14-15,24,27-28,31H,11-13H2,1-5H3. The molecule has 0 saturated carbocycles. The van der Waals surface area contributed by atoms with Crippen molar-refractivity contribution in [3.63, 3.8) is 0 Å². The SMILES string of the molecule is COc1cc2c(OC3OC4COC(C)OC4C(C)C3OC)c3c(c(-c4ccc5c(c4)OCO5)c2cc1OC)C(=O)OC3. The molecule has 0 amide bonds. The molecule has 11 nitrogen and oxygen atoms in total. The molecule has 0 spiro atoms. The van der Waals surface area contributed by atoms with Crippen molar-refractivity contribution >= 4 is 16.7 Å². The summed E-state index contributed by atoms with van der Waals surface area (Å²) in [5.74, 6) is 2.15. The molecular weight excluding hydrogens is 548 g/mol. The molecular formula is C31H32O11. The Morgan fingerprint density at radius 3 is 2.38 bits per heavy atom. The van der Waals surface area contributed by atoms with Crippen molar-refractivity contribution in [3.8, 4) is 39.9 Å². The van der Waals surface area contributed by atoms with Crippen LogP contribution in [0.15, 0.2) is 30.3 Å². The van der Waals surface area contributed by atoms with Crippen LogP contribution in [0.2, 0.25) is 0 Å². The monoisotopic (exact) mass is 580 g/mol. The van der Waals surface area contributed by atoms with Gasteiger partial charge in [0.2, 0.25) is 13.1 Å². The lowest BCUT2D eigenvalue weighted by Gasteiger charge is -2.47. The maximum atomic E-state index is 13.4. The molecule has 222 valence electrons. The number of esters is 1. The molecule has 4 aliphatic heterocycles. The summed E-state index contributed by atoms with van der Waals surface area (Å²) in [7, 11) is 4.75. The third-order valence-corrected chi connectivity index (χ3v) is 8.41.